The van der Waals surface area contributed by atoms with Gasteiger partial charge < -0.3 is 5.32 Å². The van der Waals surface area contributed by atoms with Gasteiger partial charge in [0.25, 0.3) is 0 Å². The molecule has 0 spiro atoms. The second kappa shape index (κ2) is 6.83. The molecule has 6 heteroatoms. The Morgan fingerprint density at radius 1 is 1.44 bits per heavy atom. The first-order valence-electron chi connectivity index (χ1n) is 5.80. The smallest absolute Gasteiger partial charge is 0.214 e. The Morgan fingerprint density at radius 3 is 2.81 bits per heavy atom. The van der Waals surface area contributed by atoms with Crippen molar-refractivity contribution in [3.63, 3.8) is 0 Å². The molecule has 1 fully saturated rings. The number of thioether (sulfide) groups is 1. The largest absolute Gasteiger partial charge is 0.320 e. The normalized spacial score (nSPS) is 23.5. The van der Waals surface area contributed by atoms with E-state index in [1.54, 1.807) is 4.31 Å². The van der Waals surface area contributed by atoms with Gasteiger partial charge in [0.2, 0.25) is 10.0 Å². The summed E-state index contributed by atoms with van der Waals surface area (Å²) in [6.07, 6.45) is 1.67. The van der Waals surface area contributed by atoms with E-state index in [0.717, 1.165) is 30.9 Å². The fourth-order valence-corrected chi connectivity index (χ4v) is 4.85. The number of rotatable bonds is 6. The van der Waals surface area contributed by atoms with E-state index in [4.69, 9.17) is 0 Å². The van der Waals surface area contributed by atoms with Crippen molar-refractivity contribution in [1.29, 1.82) is 0 Å². The molecule has 0 aromatic carbocycles. The van der Waals surface area contributed by atoms with Gasteiger partial charge in [0.1, 0.15) is 0 Å². The van der Waals surface area contributed by atoms with Crippen LogP contribution >= 0.6 is 11.8 Å². The van der Waals surface area contributed by atoms with Crippen molar-refractivity contribution in [2.45, 2.75) is 25.8 Å². The predicted molar refractivity (Wildman–Crippen MR) is 70.4 cm³/mol. The molecule has 1 rings (SSSR count). The molecule has 1 N–H and O–H groups in total. The highest BCUT2D eigenvalue weighted by Gasteiger charge is 2.28. The van der Waals surface area contributed by atoms with E-state index in [0.29, 0.717) is 12.3 Å². The fourth-order valence-electron chi connectivity index (χ4n) is 1.83. The highest BCUT2D eigenvalue weighted by molar-refractivity contribution is 7.99. The van der Waals surface area contributed by atoms with Gasteiger partial charge in [-0.3, -0.25) is 0 Å². The molecule has 1 unspecified atom stereocenters. The van der Waals surface area contributed by atoms with Crippen molar-refractivity contribution in [3.05, 3.63) is 0 Å². The molecule has 1 aliphatic heterocycles. The zero-order valence-corrected chi connectivity index (χ0v) is 11.7. The lowest BCUT2D eigenvalue weighted by molar-refractivity contribution is 0.367. The van der Waals surface area contributed by atoms with Crippen LogP contribution in [0.2, 0.25) is 0 Å². The van der Waals surface area contributed by atoms with Crippen LogP contribution in [0.4, 0.5) is 0 Å². The number of nitrogens with one attached hydrogen (secondary N) is 1. The minimum atomic E-state index is -3.02. The lowest BCUT2D eigenvalue weighted by Gasteiger charge is -2.31. The molecular formula is C10H22N2O2S2. The number of nitrogens with zero attached hydrogens (tertiary/aromatic N) is 1. The first-order chi connectivity index (χ1) is 7.58. The van der Waals surface area contributed by atoms with E-state index in [-0.39, 0.29) is 6.04 Å². The Balaban J connectivity index is 2.42. The summed E-state index contributed by atoms with van der Waals surface area (Å²) in [6.45, 7) is 3.57. The summed E-state index contributed by atoms with van der Waals surface area (Å²) >= 11 is 1.84. The van der Waals surface area contributed by atoms with E-state index in [2.05, 4.69) is 5.32 Å². The van der Waals surface area contributed by atoms with E-state index in [9.17, 15) is 8.42 Å². The molecule has 0 bridgehead atoms. The second-order valence-corrected chi connectivity index (χ2v) is 7.35. The van der Waals surface area contributed by atoms with Crippen LogP contribution in [0.5, 0.6) is 0 Å². The SMILES string of the molecule is CNCCCCS(=O)(=O)N1CCSCC1C. The van der Waals surface area contributed by atoms with Crippen LogP contribution in [0.3, 0.4) is 0 Å². The number of unbranched alkanes of at least 4 members (excludes halogenated alkanes) is 1. The number of sulfonamides is 1. The first kappa shape index (κ1) is 14.3. The van der Waals surface area contributed by atoms with Crippen molar-refractivity contribution in [1.82, 2.24) is 9.62 Å². The monoisotopic (exact) mass is 266 g/mol. The fraction of sp³-hybridized carbons (Fsp3) is 1.00. The van der Waals surface area contributed by atoms with Crippen molar-refractivity contribution in [2.24, 2.45) is 0 Å². The Hall–Kier alpha value is 0.220. The van der Waals surface area contributed by atoms with Gasteiger partial charge in [0.05, 0.1) is 5.75 Å². The third-order valence-electron chi connectivity index (χ3n) is 2.74. The molecule has 0 saturated carbocycles. The van der Waals surface area contributed by atoms with Crippen molar-refractivity contribution < 1.29 is 8.42 Å². The third kappa shape index (κ3) is 4.24. The van der Waals surface area contributed by atoms with Crippen LogP contribution in [-0.2, 0) is 10.0 Å². The highest BCUT2D eigenvalue weighted by Crippen LogP contribution is 2.20. The molecule has 96 valence electrons. The molecule has 16 heavy (non-hydrogen) atoms. The van der Waals surface area contributed by atoms with Gasteiger partial charge in [-0.05, 0) is 33.4 Å². The molecule has 0 aliphatic carbocycles. The Bertz CT molecular complexity index is 293. The zero-order valence-electron chi connectivity index (χ0n) is 10.1. The molecule has 1 saturated heterocycles. The standard InChI is InChI=1S/C10H22N2O2S2/c1-10-9-15-7-6-12(10)16(13,14)8-4-3-5-11-2/h10-11H,3-9H2,1-2H3. The summed E-state index contributed by atoms with van der Waals surface area (Å²) in [4.78, 5) is 0. The van der Waals surface area contributed by atoms with Crippen LogP contribution < -0.4 is 5.32 Å². The van der Waals surface area contributed by atoms with Crippen LogP contribution in [-0.4, -0.2) is 56.2 Å². The van der Waals surface area contributed by atoms with E-state index < -0.39 is 10.0 Å². The summed E-state index contributed by atoms with van der Waals surface area (Å²) < 4.78 is 25.8. The van der Waals surface area contributed by atoms with Crippen LogP contribution in [0.1, 0.15) is 19.8 Å². The maximum atomic E-state index is 12.1. The number of hydrogen-bond donors (Lipinski definition) is 1. The van der Waals surface area contributed by atoms with E-state index >= 15 is 0 Å². The molecule has 0 aromatic heterocycles. The Morgan fingerprint density at radius 2 is 2.19 bits per heavy atom. The average molecular weight is 266 g/mol. The van der Waals surface area contributed by atoms with Crippen molar-refractivity contribution in [3.8, 4) is 0 Å². The van der Waals surface area contributed by atoms with Gasteiger partial charge in [-0.2, -0.15) is 16.1 Å². The van der Waals surface area contributed by atoms with E-state index in [1.807, 2.05) is 25.7 Å². The van der Waals surface area contributed by atoms with Gasteiger partial charge in [-0.1, -0.05) is 0 Å². The molecule has 1 aliphatic rings. The lowest BCUT2D eigenvalue weighted by Crippen LogP contribution is -2.45. The van der Waals surface area contributed by atoms with Crippen molar-refractivity contribution >= 4 is 21.8 Å². The maximum absolute atomic E-state index is 12.1. The molecule has 1 atom stereocenters. The van der Waals surface area contributed by atoms with Crippen molar-refractivity contribution in [2.75, 3.05) is 37.4 Å². The summed E-state index contributed by atoms with van der Waals surface area (Å²) in [5.74, 6) is 2.15. The lowest BCUT2D eigenvalue weighted by atomic mass is 10.3. The quantitative estimate of drug-likeness (QED) is 0.721. The zero-order chi connectivity index (χ0) is 12.0. The predicted octanol–water partition coefficient (Wildman–Crippen LogP) is 0.753. The second-order valence-electron chi connectivity index (χ2n) is 4.16. The van der Waals surface area contributed by atoms with Gasteiger partial charge in [-0.15, -0.1) is 0 Å². The molecule has 0 amide bonds. The van der Waals surface area contributed by atoms with Gasteiger partial charge >= 0.3 is 0 Å². The molecular weight excluding hydrogens is 244 g/mol. The van der Waals surface area contributed by atoms with Crippen LogP contribution in [0.15, 0.2) is 0 Å². The molecule has 4 nitrogen and oxygen atoms in total. The average Bonchev–Trinajstić information content (AvgIpc) is 2.25. The van der Waals surface area contributed by atoms with Gasteiger partial charge in [0, 0.05) is 24.1 Å². The summed E-state index contributed by atoms with van der Waals surface area (Å²) in [5.41, 5.74) is 0. The highest BCUT2D eigenvalue weighted by atomic mass is 32.2. The Kier molecular flexibility index (Phi) is 6.10. The minimum absolute atomic E-state index is 0.160. The minimum Gasteiger partial charge on any atom is -0.320 e. The van der Waals surface area contributed by atoms with Gasteiger partial charge in [0.15, 0.2) is 0 Å². The van der Waals surface area contributed by atoms with Gasteiger partial charge in [-0.25, -0.2) is 8.42 Å². The molecule has 0 radical (unpaired) electrons. The maximum Gasteiger partial charge on any atom is 0.214 e. The first-order valence-corrected chi connectivity index (χ1v) is 8.56. The number of hydrogen-bond acceptors (Lipinski definition) is 4. The van der Waals surface area contributed by atoms with Crippen LogP contribution in [0, 0.1) is 0 Å². The summed E-state index contributed by atoms with van der Waals surface area (Å²) in [6, 6.07) is 0.160. The summed E-state index contributed by atoms with van der Waals surface area (Å²) in [5, 5.41) is 3.03. The Labute approximate surface area is 103 Å². The summed E-state index contributed by atoms with van der Waals surface area (Å²) in [7, 11) is -1.13. The topological polar surface area (TPSA) is 49.4 Å². The van der Waals surface area contributed by atoms with Crippen LogP contribution in [0.25, 0.3) is 0 Å². The molecule has 1 heterocycles. The molecule has 0 aromatic rings. The van der Waals surface area contributed by atoms with E-state index in [1.165, 1.54) is 0 Å². The third-order valence-corrected chi connectivity index (χ3v) is 5.99.